The molecule has 0 aliphatic carbocycles. The van der Waals surface area contributed by atoms with E-state index in [1.54, 1.807) is 24.1 Å². The summed E-state index contributed by atoms with van der Waals surface area (Å²) in [5, 5.41) is 23.5. The smallest absolute Gasteiger partial charge is 0.305 e. The lowest BCUT2D eigenvalue weighted by molar-refractivity contribution is -0.136. The van der Waals surface area contributed by atoms with Gasteiger partial charge in [0, 0.05) is 13.6 Å². The lowest BCUT2D eigenvalue weighted by Crippen LogP contribution is -2.22. The van der Waals surface area contributed by atoms with Crippen molar-refractivity contribution in [3.63, 3.8) is 0 Å². The van der Waals surface area contributed by atoms with Crippen LogP contribution in [0.25, 0.3) is 5.65 Å². The largest absolute Gasteiger partial charge is 0.481 e. The van der Waals surface area contributed by atoms with Crippen molar-refractivity contribution >= 4 is 17.4 Å². The third-order valence-corrected chi connectivity index (χ3v) is 2.11. The lowest BCUT2D eigenvalue weighted by Gasteiger charge is -2.15. The summed E-state index contributed by atoms with van der Waals surface area (Å²) in [6.07, 6.45) is 0.0613. The number of rotatable bonds is 4. The Morgan fingerprint density at radius 1 is 1.56 bits per heavy atom. The minimum Gasteiger partial charge on any atom is -0.481 e. The number of carboxylic acids is 1. The maximum Gasteiger partial charge on any atom is 0.305 e. The number of hydrogen-bond acceptors (Lipinski definition) is 6. The van der Waals surface area contributed by atoms with E-state index < -0.39 is 5.97 Å². The second kappa shape index (κ2) is 4.09. The van der Waals surface area contributed by atoms with E-state index in [2.05, 4.69) is 20.6 Å². The third-order valence-electron chi connectivity index (χ3n) is 2.11. The standard InChI is InChI=1S/C8H10N6O2/c1-13(5-4-8(15)16)7-3-2-6-9-11-12-14(6)10-7/h2-3H,4-5H2,1H3,(H,15,16). The fourth-order valence-corrected chi connectivity index (χ4v) is 1.22. The highest BCUT2D eigenvalue weighted by Crippen LogP contribution is 2.08. The van der Waals surface area contributed by atoms with Gasteiger partial charge in [-0.25, -0.2) is 0 Å². The summed E-state index contributed by atoms with van der Waals surface area (Å²) < 4.78 is 1.30. The van der Waals surface area contributed by atoms with Crippen molar-refractivity contribution in [1.82, 2.24) is 25.3 Å². The van der Waals surface area contributed by atoms with Crippen molar-refractivity contribution in [2.24, 2.45) is 0 Å². The van der Waals surface area contributed by atoms with Crippen LogP contribution in [0, 0.1) is 0 Å². The predicted molar refractivity (Wildman–Crippen MR) is 54.1 cm³/mol. The molecule has 8 heteroatoms. The third kappa shape index (κ3) is 2.05. The minimum atomic E-state index is -0.838. The van der Waals surface area contributed by atoms with Crippen LogP contribution in [0.3, 0.4) is 0 Å². The van der Waals surface area contributed by atoms with Crippen molar-refractivity contribution in [2.45, 2.75) is 6.42 Å². The van der Waals surface area contributed by atoms with Crippen molar-refractivity contribution in [3.05, 3.63) is 12.1 Å². The van der Waals surface area contributed by atoms with Gasteiger partial charge in [0.15, 0.2) is 11.5 Å². The molecule has 2 heterocycles. The number of aliphatic carboxylic acids is 1. The molecule has 2 aromatic rings. The lowest BCUT2D eigenvalue weighted by atomic mass is 10.4. The molecule has 0 bridgehead atoms. The Balaban J connectivity index is 2.15. The normalized spacial score (nSPS) is 10.6. The van der Waals surface area contributed by atoms with E-state index in [9.17, 15) is 4.79 Å². The summed E-state index contributed by atoms with van der Waals surface area (Å²) in [6, 6.07) is 3.47. The molecular weight excluding hydrogens is 212 g/mol. The van der Waals surface area contributed by atoms with Gasteiger partial charge in [0.25, 0.3) is 0 Å². The van der Waals surface area contributed by atoms with Crippen molar-refractivity contribution in [3.8, 4) is 0 Å². The van der Waals surface area contributed by atoms with E-state index in [-0.39, 0.29) is 6.42 Å². The molecule has 0 aromatic carbocycles. The highest BCUT2D eigenvalue weighted by Gasteiger charge is 2.07. The summed E-state index contributed by atoms with van der Waals surface area (Å²) in [5.41, 5.74) is 0.551. The molecule has 8 nitrogen and oxygen atoms in total. The number of hydrogen-bond donors (Lipinski definition) is 1. The van der Waals surface area contributed by atoms with Crippen molar-refractivity contribution < 1.29 is 9.90 Å². The van der Waals surface area contributed by atoms with Crippen LogP contribution in [0.5, 0.6) is 0 Å². The van der Waals surface area contributed by atoms with Crippen LogP contribution in [-0.4, -0.2) is 49.9 Å². The summed E-state index contributed by atoms with van der Waals surface area (Å²) in [5.74, 6) is -0.212. The summed E-state index contributed by atoms with van der Waals surface area (Å²) in [7, 11) is 1.77. The maximum atomic E-state index is 10.4. The fraction of sp³-hybridized carbons (Fsp3) is 0.375. The molecule has 0 unspecified atom stereocenters. The van der Waals surface area contributed by atoms with Gasteiger partial charge in [0.1, 0.15) is 0 Å². The number of carboxylic acid groups (broad SMARTS) is 1. The molecule has 0 radical (unpaired) electrons. The van der Waals surface area contributed by atoms with Gasteiger partial charge in [0.05, 0.1) is 6.42 Å². The van der Waals surface area contributed by atoms with Crippen LogP contribution in [0.2, 0.25) is 0 Å². The number of anilines is 1. The number of aromatic nitrogens is 5. The van der Waals surface area contributed by atoms with E-state index in [0.717, 1.165) is 0 Å². The highest BCUT2D eigenvalue weighted by atomic mass is 16.4. The highest BCUT2D eigenvalue weighted by molar-refractivity contribution is 5.67. The average molecular weight is 222 g/mol. The minimum absolute atomic E-state index is 0.0613. The van der Waals surface area contributed by atoms with Gasteiger partial charge in [-0.1, -0.05) is 0 Å². The van der Waals surface area contributed by atoms with Gasteiger partial charge < -0.3 is 10.0 Å². The van der Waals surface area contributed by atoms with Crippen molar-refractivity contribution in [2.75, 3.05) is 18.5 Å². The van der Waals surface area contributed by atoms with E-state index in [1.165, 1.54) is 4.63 Å². The van der Waals surface area contributed by atoms with Crippen LogP contribution < -0.4 is 4.90 Å². The summed E-state index contributed by atoms with van der Waals surface area (Å²) in [4.78, 5) is 12.2. The number of tetrazole rings is 1. The molecule has 16 heavy (non-hydrogen) atoms. The molecule has 1 N–H and O–H groups in total. The Hall–Kier alpha value is -2.25. The molecule has 0 amide bonds. The van der Waals surface area contributed by atoms with Gasteiger partial charge in [-0.3, -0.25) is 4.79 Å². The first-order valence-corrected chi connectivity index (χ1v) is 4.65. The van der Waals surface area contributed by atoms with Gasteiger partial charge in [-0.05, 0) is 22.6 Å². The van der Waals surface area contributed by atoms with E-state index in [1.807, 2.05) is 0 Å². The maximum absolute atomic E-state index is 10.4. The number of carbonyl (C=O) groups is 1. The Kier molecular flexibility index (Phi) is 2.63. The predicted octanol–water partition coefficient (Wildman–Crippen LogP) is -0.570. The van der Waals surface area contributed by atoms with Crippen molar-refractivity contribution in [1.29, 1.82) is 0 Å². The zero-order valence-electron chi connectivity index (χ0n) is 8.61. The topological polar surface area (TPSA) is 96.5 Å². The fourth-order valence-electron chi connectivity index (χ4n) is 1.22. The van der Waals surface area contributed by atoms with Crippen LogP contribution in [0.15, 0.2) is 12.1 Å². The van der Waals surface area contributed by atoms with Crippen LogP contribution in [-0.2, 0) is 4.79 Å². The first kappa shape index (κ1) is 10.3. The molecule has 0 atom stereocenters. The Morgan fingerprint density at radius 3 is 3.12 bits per heavy atom. The van der Waals surface area contributed by atoms with Gasteiger partial charge >= 0.3 is 5.97 Å². The monoisotopic (exact) mass is 222 g/mol. The average Bonchev–Trinajstić information content (AvgIpc) is 2.72. The van der Waals surface area contributed by atoms with Gasteiger partial charge in [0.2, 0.25) is 0 Å². The molecule has 0 fully saturated rings. The number of fused-ring (bicyclic) bond motifs is 1. The Labute approximate surface area is 90.5 Å². The van der Waals surface area contributed by atoms with Crippen LogP contribution in [0.1, 0.15) is 6.42 Å². The van der Waals surface area contributed by atoms with E-state index in [0.29, 0.717) is 18.0 Å². The molecule has 2 rings (SSSR count). The molecule has 0 aliphatic heterocycles. The van der Waals surface area contributed by atoms with E-state index in [4.69, 9.17) is 5.11 Å². The quantitative estimate of drug-likeness (QED) is 0.739. The second-order valence-corrected chi connectivity index (χ2v) is 3.28. The van der Waals surface area contributed by atoms with Crippen LogP contribution >= 0.6 is 0 Å². The Morgan fingerprint density at radius 2 is 2.38 bits per heavy atom. The molecule has 0 aliphatic rings. The van der Waals surface area contributed by atoms with Gasteiger partial charge in [-0.2, -0.15) is 0 Å². The molecular formula is C8H10N6O2. The van der Waals surface area contributed by atoms with Crippen LogP contribution in [0.4, 0.5) is 5.82 Å². The second-order valence-electron chi connectivity index (χ2n) is 3.28. The molecule has 0 saturated heterocycles. The molecule has 0 saturated carbocycles. The zero-order chi connectivity index (χ0) is 11.5. The zero-order valence-corrected chi connectivity index (χ0v) is 8.61. The first-order chi connectivity index (χ1) is 7.66. The first-order valence-electron chi connectivity index (χ1n) is 4.65. The SMILES string of the molecule is CN(CCC(=O)O)c1ccc2nnnn2n1. The Bertz CT molecular complexity index is 510. The van der Waals surface area contributed by atoms with E-state index >= 15 is 0 Å². The molecule has 84 valence electrons. The summed E-state index contributed by atoms with van der Waals surface area (Å²) >= 11 is 0. The summed E-state index contributed by atoms with van der Waals surface area (Å²) in [6.45, 7) is 0.385. The number of nitrogens with zero attached hydrogens (tertiary/aromatic N) is 6. The molecule has 2 aromatic heterocycles. The molecule has 0 spiro atoms. The van der Waals surface area contributed by atoms with Gasteiger partial charge in [-0.15, -0.1) is 14.8 Å².